The summed E-state index contributed by atoms with van der Waals surface area (Å²) < 4.78 is 0. The number of thioether (sulfide) groups is 1. The van der Waals surface area contributed by atoms with Crippen molar-refractivity contribution in [2.75, 3.05) is 0 Å². The van der Waals surface area contributed by atoms with Crippen LogP contribution in [0.15, 0.2) is 29.2 Å². The van der Waals surface area contributed by atoms with E-state index in [-0.39, 0.29) is 5.78 Å². The minimum Gasteiger partial charge on any atom is -0.351 e. The van der Waals surface area contributed by atoms with Crippen molar-refractivity contribution in [2.24, 2.45) is 5.73 Å². The van der Waals surface area contributed by atoms with E-state index in [2.05, 4.69) is 0 Å². The standard InChI is InChI=1S/C12H14N2O3S/c1-7(15)9-3-5-10(6-4-9)18-8(2)11(16)14-12(13)17/h3-6,8H,1-2H3,(H3,13,14,16,17). The highest BCUT2D eigenvalue weighted by Gasteiger charge is 2.15. The van der Waals surface area contributed by atoms with Crippen LogP contribution in [0.4, 0.5) is 4.79 Å². The number of hydrogen-bond donors (Lipinski definition) is 2. The van der Waals surface area contributed by atoms with Crippen LogP contribution in [0.25, 0.3) is 0 Å². The van der Waals surface area contributed by atoms with Gasteiger partial charge in [0.05, 0.1) is 5.25 Å². The molecule has 1 aromatic carbocycles. The zero-order valence-electron chi connectivity index (χ0n) is 10.1. The molecule has 0 fully saturated rings. The van der Waals surface area contributed by atoms with Gasteiger partial charge in [0, 0.05) is 10.5 Å². The smallest absolute Gasteiger partial charge is 0.318 e. The summed E-state index contributed by atoms with van der Waals surface area (Å²) in [5, 5.41) is 1.57. The minimum absolute atomic E-state index is 0.00827. The van der Waals surface area contributed by atoms with Crippen molar-refractivity contribution in [3.05, 3.63) is 29.8 Å². The SMILES string of the molecule is CC(=O)c1ccc(SC(C)C(=O)NC(N)=O)cc1. The second-order valence-corrected chi connectivity index (χ2v) is 5.11. The van der Waals surface area contributed by atoms with Crippen LogP contribution < -0.4 is 11.1 Å². The molecule has 1 atom stereocenters. The summed E-state index contributed by atoms with van der Waals surface area (Å²) >= 11 is 1.28. The van der Waals surface area contributed by atoms with Crippen molar-refractivity contribution >= 4 is 29.5 Å². The van der Waals surface area contributed by atoms with E-state index in [1.807, 2.05) is 5.32 Å². The second kappa shape index (κ2) is 6.20. The average Bonchev–Trinajstić information content (AvgIpc) is 2.28. The molecule has 0 aliphatic carbocycles. The third kappa shape index (κ3) is 4.21. The summed E-state index contributed by atoms with van der Waals surface area (Å²) in [6.45, 7) is 3.16. The van der Waals surface area contributed by atoms with Crippen LogP contribution in [0, 0.1) is 0 Å². The number of ketones is 1. The van der Waals surface area contributed by atoms with Crippen molar-refractivity contribution in [1.82, 2.24) is 5.32 Å². The van der Waals surface area contributed by atoms with Crippen LogP contribution in [0.5, 0.6) is 0 Å². The molecular formula is C12H14N2O3S. The van der Waals surface area contributed by atoms with Crippen LogP contribution in [0.1, 0.15) is 24.2 Å². The van der Waals surface area contributed by atoms with Gasteiger partial charge < -0.3 is 5.73 Å². The lowest BCUT2D eigenvalue weighted by atomic mass is 10.2. The van der Waals surface area contributed by atoms with Crippen LogP contribution in [-0.2, 0) is 4.79 Å². The normalized spacial score (nSPS) is 11.7. The van der Waals surface area contributed by atoms with E-state index in [0.29, 0.717) is 5.56 Å². The highest BCUT2D eigenvalue weighted by atomic mass is 32.2. The Morgan fingerprint density at radius 3 is 2.22 bits per heavy atom. The molecule has 3 N–H and O–H groups in total. The predicted octanol–water partition coefficient (Wildman–Crippen LogP) is 1.56. The topological polar surface area (TPSA) is 89.3 Å². The Balaban J connectivity index is 2.64. The molecule has 0 saturated carbocycles. The van der Waals surface area contributed by atoms with Gasteiger partial charge in [-0.05, 0) is 26.0 Å². The minimum atomic E-state index is -0.862. The highest BCUT2D eigenvalue weighted by molar-refractivity contribution is 8.00. The number of nitrogens with one attached hydrogen (secondary N) is 1. The molecule has 96 valence electrons. The van der Waals surface area contributed by atoms with Gasteiger partial charge in [0.25, 0.3) is 0 Å². The molecule has 0 aliphatic rings. The number of hydrogen-bond acceptors (Lipinski definition) is 4. The van der Waals surface area contributed by atoms with E-state index in [1.165, 1.54) is 18.7 Å². The summed E-state index contributed by atoms with van der Waals surface area (Å²) in [6.07, 6.45) is 0. The number of nitrogens with two attached hydrogens (primary N) is 1. The maximum Gasteiger partial charge on any atom is 0.318 e. The highest BCUT2D eigenvalue weighted by Crippen LogP contribution is 2.23. The quantitative estimate of drug-likeness (QED) is 0.639. The summed E-state index contributed by atoms with van der Waals surface area (Å²) in [5.74, 6) is -0.450. The Bertz CT molecular complexity index is 471. The van der Waals surface area contributed by atoms with Crippen LogP contribution in [0.2, 0.25) is 0 Å². The first-order valence-corrected chi connectivity index (χ1v) is 6.16. The second-order valence-electron chi connectivity index (χ2n) is 3.69. The van der Waals surface area contributed by atoms with Crippen molar-refractivity contribution in [2.45, 2.75) is 24.0 Å². The largest absolute Gasteiger partial charge is 0.351 e. The number of imide groups is 1. The number of Topliss-reactive ketones (excluding diaryl/α,β-unsaturated/α-hetero) is 1. The van der Waals surface area contributed by atoms with E-state index in [1.54, 1.807) is 31.2 Å². The lowest BCUT2D eigenvalue weighted by molar-refractivity contribution is -0.119. The van der Waals surface area contributed by atoms with Crippen molar-refractivity contribution in [1.29, 1.82) is 0 Å². The predicted molar refractivity (Wildman–Crippen MR) is 69.5 cm³/mol. The third-order valence-corrected chi connectivity index (χ3v) is 3.30. The van der Waals surface area contributed by atoms with Crippen LogP contribution in [0.3, 0.4) is 0 Å². The number of urea groups is 1. The van der Waals surface area contributed by atoms with Crippen molar-refractivity contribution in [3.63, 3.8) is 0 Å². The summed E-state index contributed by atoms with van der Waals surface area (Å²) in [6, 6.07) is 6.05. The molecule has 0 aliphatic heterocycles. The van der Waals surface area contributed by atoms with Gasteiger partial charge in [-0.1, -0.05) is 12.1 Å². The molecule has 3 amide bonds. The Hall–Kier alpha value is -1.82. The molecule has 0 aromatic heterocycles. The lowest BCUT2D eigenvalue weighted by Gasteiger charge is -2.10. The van der Waals surface area contributed by atoms with Crippen LogP contribution >= 0.6 is 11.8 Å². The zero-order valence-corrected chi connectivity index (χ0v) is 10.9. The molecule has 0 saturated heterocycles. The van der Waals surface area contributed by atoms with E-state index < -0.39 is 17.2 Å². The molecular weight excluding hydrogens is 252 g/mol. The molecule has 5 nitrogen and oxygen atoms in total. The van der Waals surface area contributed by atoms with Crippen molar-refractivity contribution in [3.8, 4) is 0 Å². The maximum absolute atomic E-state index is 11.4. The van der Waals surface area contributed by atoms with Gasteiger partial charge in [-0.25, -0.2) is 4.79 Å². The molecule has 0 spiro atoms. The summed E-state index contributed by atoms with van der Waals surface area (Å²) in [4.78, 5) is 33.9. The molecule has 0 radical (unpaired) electrons. The fourth-order valence-corrected chi connectivity index (χ4v) is 2.12. The average molecular weight is 266 g/mol. The molecule has 0 bridgehead atoms. The Kier molecular flexibility index (Phi) is 4.91. The van der Waals surface area contributed by atoms with Crippen LogP contribution in [-0.4, -0.2) is 23.0 Å². The number of benzene rings is 1. The van der Waals surface area contributed by atoms with Gasteiger partial charge in [0.2, 0.25) is 5.91 Å². The number of primary amides is 1. The maximum atomic E-state index is 11.4. The summed E-state index contributed by atoms with van der Waals surface area (Å²) in [7, 11) is 0. The van der Waals surface area contributed by atoms with E-state index in [4.69, 9.17) is 5.73 Å². The van der Waals surface area contributed by atoms with Gasteiger partial charge in [-0.3, -0.25) is 14.9 Å². The van der Waals surface area contributed by atoms with E-state index in [9.17, 15) is 14.4 Å². The van der Waals surface area contributed by atoms with Gasteiger partial charge in [0.1, 0.15) is 0 Å². The molecule has 6 heteroatoms. The number of carbonyl (C=O) groups excluding carboxylic acids is 3. The monoisotopic (exact) mass is 266 g/mol. The van der Waals surface area contributed by atoms with E-state index in [0.717, 1.165) is 4.90 Å². The lowest BCUT2D eigenvalue weighted by Crippen LogP contribution is -2.39. The number of amides is 3. The molecule has 18 heavy (non-hydrogen) atoms. The molecule has 0 heterocycles. The third-order valence-electron chi connectivity index (χ3n) is 2.19. The van der Waals surface area contributed by atoms with Gasteiger partial charge in [-0.2, -0.15) is 0 Å². The number of carbonyl (C=O) groups is 3. The first kappa shape index (κ1) is 14.2. The summed E-state index contributed by atoms with van der Waals surface area (Å²) in [5.41, 5.74) is 5.48. The van der Waals surface area contributed by atoms with Gasteiger partial charge in [-0.15, -0.1) is 11.8 Å². The Morgan fingerprint density at radius 1 is 1.22 bits per heavy atom. The van der Waals surface area contributed by atoms with Crippen molar-refractivity contribution < 1.29 is 14.4 Å². The molecule has 1 aromatic rings. The molecule has 1 unspecified atom stereocenters. The van der Waals surface area contributed by atoms with Gasteiger partial charge in [0.15, 0.2) is 5.78 Å². The fraction of sp³-hybridized carbons (Fsp3) is 0.250. The first-order valence-electron chi connectivity index (χ1n) is 5.28. The van der Waals surface area contributed by atoms with E-state index >= 15 is 0 Å². The first-order chi connectivity index (χ1) is 8.40. The Morgan fingerprint density at radius 2 is 1.78 bits per heavy atom. The number of rotatable bonds is 4. The molecule has 1 rings (SSSR count). The zero-order chi connectivity index (χ0) is 13.7. The fourth-order valence-electron chi connectivity index (χ4n) is 1.25. The Labute approximate surface area is 109 Å². The van der Waals surface area contributed by atoms with Gasteiger partial charge >= 0.3 is 6.03 Å².